The standard InChI is InChI=1S/C16H17N3OS/c1-2-9-17-15-8-7-12(10-18-15)11-21-16-19-13-5-3-4-6-14(13)20-16/h3-8,10H,2,9,11H2,1H3,(H,17,18). The Bertz CT molecular complexity index is 676. The van der Waals surface area contributed by atoms with Crippen molar-refractivity contribution in [1.82, 2.24) is 9.97 Å². The van der Waals surface area contributed by atoms with Crippen molar-refractivity contribution in [3.8, 4) is 0 Å². The zero-order chi connectivity index (χ0) is 14.5. The van der Waals surface area contributed by atoms with Gasteiger partial charge >= 0.3 is 0 Å². The van der Waals surface area contributed by atoms with Crippen molar-refractivity contribution in [3.63, 3.8) is 0 Å². The summed E-state index contributed by atoms with van der Waals surface area (Å²) in [6, 6.07) is 11.9. The summed E-state index contributed by atoms with van der Waals surface area (Å²) < 4.78 is 5.69. The van der Waals surface area contributed by atoms with Crippen molar-refractivity contribution in [1.29, 1.82) is 0 Å². The van der Waals surface area contributed by atoms with Crippen molar-refractivity contribution in [3.05, 3.63) is 48.2 Å². The Hall–Kier alpha value is -2.01. The average Bonchev–Trinajstić information content (AvgIpc) is 2.95. The molecular formula is C16H17N3OS. The lowest BCUT2D eigenvalue weighted by molar-refractivity contribution is 0.489. The molecule has 21 heavy (non-hydrogen) atoms. The third kappa shape index (κ3) is 3.55. The van der Waals surface area contributed by atoms with Gasteiger partial charge in [0.1, 0.15) is 11.3 Å². The van der Waals surface area contributed by atoms with Gasteiger partial charge in [0.05, 0.1) is 0 Å². The first kappa shape index (κ1) is 13.9. The molecule has 0 aliphatic rings. The van der Waals surface area contributed by atoms with E-state index in [0.717, 1.165) is 41.2 Å². The number of aromatic nitrogens is 2. The second-order valence-electron chi connectivity index (χ2n) is 4.71. The van der Waals surface area contributed by atoms with Crippen LogP contribution in [0.4, 0.5) is 5.82 Å². The zero-order valence-corrected chi connectivity index (χ0v) is 12.7. The predicted molar refractivity (Wildman–Crippen MR) is 86.6 cm³/mol. The predicted octanol–water partition coefficient (Wildman–Crippen LogP) is 4.34. The molecule has 3 aromatic rings. The average molecular weight is 299 g/mol. The first-order chi connectivity index (χ1) is 10.3. The topological polar surface area (TPSA) is 51.0 Å². The lowest BCUT2D eigenvalue weighted by Gasteiger charge is -2.04. The number of fused-ring (bicyclic) bond motifs is 1. The maximum absolute atomic E-state index is 5.69. The largest absolute Gasteiger partial charge is 0.431 e. The minimum absolute atomic E-state index is 0.699. The van der Waals surface area contributed by atoms with Crippen LogP contribution in [0.1, 0.15) is 18.9 Å². The first-order valence-electron chi connectivity index (χ1n) is 7.02. The summed E-state index contributed by atoms with van der Waals surface area (Å²) in [5, 5.41) is 3.96. The molecule has 2 aromatic heterocycles. The number of hydrogen-bond donors (Lipinski definition) is 1. The second kappa shape index (κ2) is 6.63. The van der Waals surface area contributed by atoms with Crippen LogP contribution < -0.4 is 5.32 Å². The lowest BCUT2D eigenvalue weighted by Crippen LogP contribution is -2.01. The Kier molecular flexibility index (Phi) is 4.40. The Morgan fingerprint density at radius 2 is 2.10 bits per heavy atom. The maximum Gasteiger partial charge on any atom is 0.257 e. The number of rotatable bonds is 6. The van der Waals surface area contributed by atoms with E-state index in [2.05, 4.69) is 28.3 Å². The molecule has 0 radical (unpaired) electrons. The Morgan fingerprint density at radius 3 is 2.86 bits per heavy atom. The van der Waals surface area contributed by atoms with Crippen LogP contribution in [0.3, 0.4) is 0 Å². The molecule has 108 valence electrons. The van der Waals surface area contributed by atoms with E-state index in [9.17, 15) is 0 Å². The lowest BCUT2D eigenvalue weighted by atomic mass is 10.3. The number of thioether (sulfide) groups is 1. The summed E-state index contributed by atoms with van der Waals surface area (Å²) in [5.74, 6) is 1.72. The van der Waals surface area contributed by atoms with E-state index in [-0.39, 0.29) is 0 Å². The molecular weight excluding hydrogens is 282 g/mol. The summed E-state index contributed by atoms with van der Waals surface area (Å²) >= 11 is 1.58. The number of hydrogen-bond acceptors (Lipinski definition) is 5. The van der Waals surface area contributed by atoms with Crippen LogP contribution in [0.15, 0.2) is 52.2 Å². The number of benzene rings is 1. The highest BCUT2D eigenvalue weighted by molar-refractivity contribution is 7.98. The van der Waals surface area contributed by atoms with Gasteiger partial charge in [0.25, 0.3) is 5.22 Å². The quantitative estimate of drug-likeness (QED) is 0.686. The molecule has 4 nitrogen and oxygen atoms in total. The molecule has 1 aromatic carbocycles. The minimum Gasteiger partial charge on any atom is -0.431 e. The number of pyridine rings is 1. The summed E-state index contributed by atoms with van der Waals surface area (Å²) in [5.41, 5.74) is 2.89. The molecule has 5 heteroatoms. The van der Waals surface area contributed by atoms with Crippen molar-refractivity contribution in [2.75, 3.05) is 11.9 Å². The van der Waals surface area contributed by atoms with Crippen LogP contribution in [-0.4, -0.2) is 16.5 Å². The van der Waals surface area contributed by atoms with Crippen molar-refractivity contribution in [2.45, 2.75) is 24.3 Å². The van der Waals surface area contributed by atoms with Crippen LogP contribution >= 0.6 is 11.8 Å². The molecule has 0 unspecified atom stereocenters. The highest BCUT2D eigenvalue weighted by atomic mass is 32.2. The van der Waals surface area contributed by atoms with Crippen LogP contribution in [0, 0.1) is 0 Å². The van der Waals surface area contributed by atoms with E-state index in [4.69, 9.17) is 4.42 Å². The summed E-state index contributed by atoms with van der Waals surface area (Å²) in [7, 11) is 0. The van der Waals surface area contributed by atoms with Crippen molar-refractivity contribution >= 4 is 28.7 Å². The van der Waals surface area contributed by atoms with Gasteiger partial charge in [-0.15, -0.1) is 0 Å². The number of oxazole rings is 1. The van der Waals surface area contributed by atoms with Gasteiger partial charge in [-0.3, -0.25) is 0 Å². The fourth-order valence-electron chi connectivity index (χ4n) is 1.93. The van der Waals surface area contributed by atoms with Crippen LogP contribution in [0.5, 0.6) is 0 Å². The number of anilines is 1. The van der Waals surface area contributed by atoms with Gasteiger partial charge in [-0.2, -0.15) is 0 Å². The molecule has 1 N–H and O–H groups in total. The van der Waals surface area contributed by atoms with E-state index >= 15 is 0 Å². The van der Waals surface area contributed by atoms with Gasteiger partial charge in [0.15, 0.2) is 5.58 Å². The molecule has 0 fully saturated rings. The first-order valence-corrected chi connectivity index (χ1v) is 8.01. The highest BCUT2D eigenvalue weighted by Crippen LogP contribution is 2.26. The third-order valence-electron chi connectivity index (χ3n) is 3.02. The normalized spacial score (nSPS) is 10.9. The van der Waals surface area contributed by atoms with Crippen LogP contribution in [-0.2, 0) is 5.75 Å². The molecule has 0 saturated carbocycles. The zero-order valence-electron chi connectivity index (χ0n) is 11.9. The molecule has 0 atom stereocenters. The molecule has 0 aliphatic heterocycles. The SMILES string of the molecule is CCCNc1ccc(CSc2nc3ccccc3o2)cn1. The summed E-state index contributed by atoms with van der Waals surface area (Å²) in [4.78, 5) is 8.85. The molecule has 0 aliphatic carbocycles. The van der Waals surface area contributed by atoms with E-state index in [1.54, 1.807) is 11.8 Å². The number of nitrogens with one attached hydrogen (secondary N) is 1. The monoisotopic (exact) mass is 299 g/mol. The van der Waals surface area contributed by atoms with Gasteiger partial charge in [0.2, 0.25) is 0 Å². The molecule has 2 heterocycles. The van der Waals surface area contributed by atoms with Gasteiger partial charge in [0, 0.05) is 18.5 Å². The smallest absolute Gasteiger partial charge is 0.257 e. The van der Waals surface area contributed by atoms with Gasteiger partial charge in [-0.25, -0.2) is 9.97 Å². The fourth-order valence-corrected chi connectivity index (χ4v) is 2.70. The van der Waals surface area contributed by atoms with E-state index in [1.807, 2.05) is 36.5 Å². The molecule has 3 rings (SSSR count). The molecule has 0 amide bonds. The van der Waals surface area contributed by atoms with Crippen LogP contribution in [0.25, 0.3) is 11.1 Å². The number of para-hydroxylation sites is 2. The van der Waals surface area contributed by atoms with E-state index in [1.165, 1.54) is 0 Å². The second-order valence-corrected chi connectivity index (χ2v) is 5.64. The van der Waals surface area contributed by atoms with Crippen LogP contribution in [0.2, 0.25) is 0 Å². The summed E-state index contributed by atoms with van der Waals surface area (Å²) in [6.07, 6.45) is 2.99. The Labute approximate surface area is 128 Å². The van der Waals surface area contributed by atoms with E-state index in [0.29, 0.717) is 5.22 Å². The molecule has 0 spiro atoms. The highest BCUT2D eigenvalue weighted by Gasteiger charge is 2.06. The Balaban J connectivity index is 1.61. The van der Waals surface area contributed by atoms with E-state index < -0.39 is 0 Å². The van der Waals surface area contributed by atoms with Gasteiger partial charge in [-0.1, -0.05) is 36.9 Å². The van der Waals surface area contributed by atoms with Crippen molar-refractivity contribution < 1.29 is 4.42 Å². The maximum atomic E-state index is 5.69. The Morgan fingerprint density at radius 1 is 1.19 bits per heavy atom. The third-order valence-corrected chi connectivity index (χ3v) is 3.92. The minimum atomic E-state index is 0.699. The van der Waals surface area contributed by atoms with Crippen molar-refractivity contribution in [2.24, 2.45) is 0 Å². The fraction of sp³-hybridized carbons (Fsp3) is 0.250. The molecule has 0 saturated heterocycles. The molecule has 0 bridgehead atoms. The van der Waals surface area contributed by atoms with Gasteiger partial charge < -0.3 is 9.73 Å². The summed E-state index contributed by atoms with van der Waals surface area (Å²) in [6.45, 7) is 3.09. The number of nitrogens with zero attached hydrogens (tertiary/aromatic N) is 2. The van der Waals surface area contributed by atoms with Gasteiger partial charge in [-0.05, 0) is 30.2 Å².